The van der Waals surface area contributed by atoms with Crippen molar-refractivity contribution in [2.75, 3.05) is 40.8 Å². The average Bonchev–Trinajstić information content (AvgIpc) is 2.78. The molecule has 1 heterocycles. The molecule has 1 amide bonds. The average molecular weight is 490 g/mol. The van der Waals surface area contributed by atoms with Crippen LogP contribution in [0.25, 0.3) is 0 Å². The van der Waals surface area contributed by atoms with Gasteiger partial charge < -0.3 is 9.80 Å². The molecule has 1 aliphatic heterocycles. The van der Waals surface area contributed by atoms with Gasteiger partial charge in [-0.3, -0.25) is 4.79 Å². The van der Waals surface area contributed by atoms with Gasteiger partial charge in [-0.15, -0.1) is 0 Å². The molecule has 0 bridgehead atoms. The van der Waals surface area contributed by atoms with Crippen LogP contribution in [-0.2, 0) is 21.0 Å². The Balaban J connectivity index is 1.52. The van der Waals surface area contributed by atoms with Gasteiger partial charge in [0.2, 0.25) is 15.9 Å². The zero-order valence-corrected chi connectivity index (χ0v) is 20.3. The Labute approximate surface area is 194 Å². The predicted octanol–water partition coefficient (Wildman–Crippen LogP) is 3.68. The first-order valence-electron chi connectivity index (χ1n) is 11.5. The maximum absolute atomic E-state index is 13.0. The molecule has 1 aromatic rings. The molecule has 0 radical (unpaired) electrons. The fourth-order valence-electron chi connectivity index (χ4n) is 4.90. The van der Waals surface area contributed by atoms with Crippen molar-refractivity contribution < 1.29 is 26.4 Å². The van der Waals surface area contributed by atoms with E-state index in [0.29, 0.717) is 0 Å². The molecule has 186 valence electrons. The minimum absolute atomic E-state index is 0.0252. The lowest BCUT2D eigenvalue weighted by Gasteiger charge is -2.38. The molecule has 1 aliphatic carbocycles. The minimum atomic E-state index is -4.51. The second-order valence-corrected chi connectivity index (χ2v) is 11.6. The van der Waals surface area contributed by atoms with E-state index in [4.69, 9.17) is 0 Å². The van der Waals surface area contributed by atoms with E-state index in [1.807, 2.05) is 11.9 Å². The van der Waals surface area contributed by atoms with Gasteiger partial charge in [-0.25, -0.2) is 12.7 Å². The number of nitrogens with zero attached hydrogens (tertiary/aromatic N) is 3. The number of benzene rings is 1. The smallest absolute Gasteiger partial charge is 0.342 e. The van der Waals surface area contributed by atoms with Crippen LogP contribution in [-0.4, -0.2) is 75.2 Å². The number of piperidine rings is 1. The molecule has 3 rings (SSSR count). The van der Waals surface area contributed by atoms with E-state index in [0.717, 1.165) is 75.9 Å². The summed E-state index contributed by atoms with van der Waals surface area (Å²) >= 11 is 0. The first-order valence-corrected chi connectivity index (χ1v) is 12.9. The van der Waals surface area contributed by atoms with E-state index in [2.05, 4.69) is 11.9 Å². The molecule has 6 nitrogen and oxygen atoms in total. The molecule has 0 unspecified atom stereocenters. The summed E-state index contributed by atoms with van der Waals surface area (Å²) < 4.78 is 65.1. The molecule has 0 atom stereocenters. The summed E-state index contributed by atoms with van der Waals surface area (Å²) in [6, 6.07) is 3.87. The lowest BCUT2D eigenvalue weighted by molar-refractivity contribution is -0.139. The standard InChI is InChI=1S/C23H34F3N3O3S/c1-27-14-12-20(13-15-27)29(3)22(30)18-6-4-17(5-7-18)16-28(2)33(31,32)21-10-8-19(9-11-21)23(24,25)26/h8-11,17-18,20H,4-7,12-16H2,1-3H3. The van der Waals surface area contributed by atoms with Crippen LogP contribution >= 0.6 is 0 Å². The fraction of sp³-hybridized carbons (Fsp3) is 0.696. The second-order valence-electron chi connectivity index (χ2n) is 9.51. The quantitative estimate of drug-likeness (QED) is 0.612. The summed E-state index contributed by atoms with van der Waals surface area (Å²) in [5.74, 6) is 0.286. The van der Waals surface area contributed by atoms with E-state index in [1.165, 1.54) is 11.4 Å². The molecule has 2 fully saturated rings. The van der Waals surface area contributed by atoms with E-state index >= 15 is 0 Å². The summed E-state index contributed by atoms with van der Waals surface area (Å²) in [6.07, 6.45) is 0.436. The Hall–Kier alpha value is -1.65. The lowest BCUT2D eigenvalue weighted by atomic mass is 9.81. The monoisotopic (exact) mass is 489 g/mol. The molecular formula is C23H34F3N3O3S. The van der Waals surface area contributed by atoms with Gasteiger partial charge in [-0.1, -0.05) is 0 Å². The van der Waals surface area contributed by atoms with Gasteiger partial charge >= 0.3 is 6.18 Å². The Morgan fingerprint density at radius 1 is 1.00 bits per heavy atom. The van der Waals surface area contributed by atoms with Gasteiger partial charge in [0.25, 0.3) is 0 Å². The van der Waals surface area contributed by atoms with Crippen molar-refractivity contribution in [3.63, 3.8) is 0 Å². The topological polar surface area (TPSA) is 60.9 Å². The first kappa shape index (κ1) is 26.0. The van der Waals surface area contributed by atoms with Crippen molar-refractivity contribution in [2.45, 2.75) is 55.6 Å². The predicted molar refractivity (Wildman–Crippen MR) is 120 cm³/mol. The maximum Gasteiger partial charge on any atom is 0.416 e. The number of hydrogen-bond donors (Lipinski definition) is 0. The van der Waals surface area contributed by atoms with Crippen LogP contribution in [0.4, 0.5) is 13.2 Å². The number of amides is 1. The van der Waals surface area contributed by atoms with Crippen molar-refractivity contribution >= 4 is 15.9 Å². The third-order valence-electron chi connectivity index (χ3n) is 7.18. The molecule has 0 spiro atoms. The number of likely N-dealkylation sites (tertiary alicyclic amines) is 1. The van der Waals surface area contributed by atoms with Gasteiger partial charge in [0.15, 0.2) is 0 Å². The largest absolute Gasteiger partial charge is 0.416 e. The van der Waals surface area contributed by atoms with E-state index in [1.54, 1.807) is 0 Å². The van der Waals surface area contributed by atoms with Crippen LogP contribution in [0, 0.1) is 11.8 Å². The Bertz CT molecular complexity index is 905. The summed E-state index contributed by atoms with van der Waals surface area (Å²) in [4.78, 5) is 17.0. The zero-order valence-electron chi connectivity index (χ0n) is 19.5. The molecule has 0 aromatic heterocycles. The Morgan fingerprint density at radius 3 is 2.06 bits per heavy atom. The van der Waals surface area contributed by atoms with E-state index in [-0.39, 0.29) is 35.2 Å². The molecule has 33 heavy (non-hydrogen) atoms. The lowest BCUT2D eigenvalue weighted by Crippen LogP contribution is -2.47. The minimum Gasteiger partial charge on any atom is -0.342 e. The van der Waals surface area contributed by atoms with Crippen LogP contribution in [0.3, 0.4) is 0 Å². The normalized spacial score (nSPS) is 23.6. The second kappa shape index (κ2) is 10.3. The van der Waals surface area contributed by atoms with Gasteiger partial charge in [0.05, 0.1) is 10.5 Å². The molecule has 1 saturated carbocycles. The van der Waals surface area contributed by atoms with Crippen molar-refractivity contribution in [3.8, 4) is 0 Å². The summed E-state index contributed by atoms with van der Waals surface area (Å²) in [5.41, 5.74) is -0.877. The molecule has 1 aromatic carbocycles. The highest BCUT2D eigenvalue weighted by molar-refractivity contribution is 7.89. The number of halogens is 3. The number of hydrogen-bond acceptors (Lipinski definition) is 4. The molecule has 0 N–H and O–H groups in total. The van der Waals surface area contributed by atoms with Crippen molar-refractivity contribution in [1.29, 1.82) is 0 Å². The number of rotatable bonds is 6. The van der Waals surface area contributed by atoms with Crippen molar-refractivity contribution in [3.05, 3.63) is 29.8 Å². The Morgan fingerprint density at radius 2 is 1.55 bits per heavy atom. The van der Waals surface area contributed by atoms with Crippen LogP contribution < -0.4 is 0 Å². The summed E-state index contributed by atoms with van der Waals surface area (Å²) in [6.45, 7) is 2.28. The van der Waals surface area contributed by atoms with Crippen LogP contribution in [0.2, 0.25) is 0 Å². The summed E-state index contributed by atoms with van der Waals surface area (Å²) in [5, 5.41) is 0. The van der Waals surface area contributed by atoms with Crippen molar-refractivity contribution in [1.82, 2.24) is 14.1 Å². The number of alkyl halides is 3. The molecule has 1 saturated heterocycles. The van der Waals surface area contributed by atoms with Crippen molar-refractivity contribution in [2.24, 2.45) is 11.8 Å². The SMILES string of the molecule is CN1CCC(N(C)C(=O)C2CCC(CN(C)S(=O)(=O)c3ccc(C(F)(F)F)cc3)CC2)CC1. The number of carbonyl (C=O) groups excluding carboxylic acids is 1. The third-order valence-corrected chi connectivity index (χ3v) is 9.02. The maximum atomic E-state index is 13.0. The third kappa shape index (κ3) is 6.27. The highest BCUT2D eigenvalue weighted by Gasteiger charge is 2.34. The molecule has 10 heteroatoms. The molecule has 2 aliphatic rings. The van der Waals surface area contributed by atoms with Crippen LogP contribution in [0.15, 0.2) is 29.2 Å². The van der Waals surface area contributed by atoms with Gasteiger partial charge in [-0.2, -0.15) is 13.2 Å². The van der Waals surface area contributed by atoms with Gasteiger partial charge in [0.1, 0.15) is 0 Å². The highest BCUT2D eigenvalue weighted by Crippen LogP contribution is 2.33. The van der Waals surface area contributed by atoms with E-state index < -0.39 is 21.8 Å². The first-order chi connectivity index (χ1) is 15.4. The number of sulfonamides is 1. The van der Waals surface area contributed by atoms with Gasteiger partial charge in [0, 0.05) is 32.6 Å². The zero-order chi connectivity index (χ0) is 24.4. The molecular weight excluding hydrogens is 455 g/mol. The van der Waals surface area contributed by atoms with Crippen LogP contribution in [0.5, 0.6) is 0 Å². The highest BCUT2D eigenvalue weighted by atomic mass is 32.2. The van der Waals surface area contributed by atoms with E-state index in [9.17, 15) is 26.4 Å². The van der Waals surface area contributed by atoms with Crippen LogP contribution in [0.1, 0.15) is 44.1 Å². The summed E-state index contributed by atoms with van der Waals surface area (Å²) in [7, 11) is 1.57. The van der Waals surface area contributed by atoms with Gasteiger partial charge in [-0.05, 0) is 88.8 Å². The fourth-order valence-corrected chi connectivity index (χ4v) is 6.15. The Kier molecular flexibility index (Phi) is 8.11. The number of carbonyl (C=O) groups is 1.